The van der Waals surface area contributed by atoms with Gasteiger partial charge in [0.25, 0.3) is 0 Å². The summed E-state index contributed by atoms with van der Waals surface area (Å²) in [5.41, 5.74) is 0.287. The Hall–Kier alpha value is -1.09. The van der Waals surface area contributed by atoms with Crippen LogP contribution in [-0.4, -0.2) is 17.1 Å². The number of esters is 1. The number of nitrogens with zero attached hydrogens (tertiary/aromatic N) is 1. The van der Waals surface area contributed by atoms with Gasteiger partial charge >= 0.3 is 5.97 Å². The third-order valence-corrected chi connectivity index (χ3v) is 3.43. The first-order valence-electron chi connectivity index (χ1n) is 6.00. The van der Waals surface area contributed by atoms with Gasteiger partial charge in [0, 0.05) is 0 Å². The monoisotopic (exact) mass is 253 g/mol. The minimum Gasteiger partial charge on any atom is -0.457 e. The van der Waals surface area contributed by atoms with Gasteiger partial charge in [-0.1, -0.05) is 31.0 Å². The zero-order valence-electron chi connectivity index (χ0n) is 9.86. The second-order valence-electron chi connectivity index (χ2n) is 4.55. The average molecular weight is 254 g/mol. The van der Waals surface area contributed by atoms with E-state index in [0.717, 1.165) is 19.3 Å². The van der Waals surface area contributed by atoms with Crippen LogP contribution in [0.4, 0.5) is 0 Å². The van der Waals surface area contributed by atoms with Crippen LogP contribution in [0.1, 0.15) is 43.1 Å². The van der Waals surface area contributed by atoms with E-state index in [4.69, 9.17) is 16.3 Å². The van der Waals surface area contributed by atoms with Gasteiger partial charge in [-0.05, 0) is 37.3 Å². The van der Waals surface area contributed by atoms with Crippen LogP contribution in [-0.2, 0) is 4.74 Å². The Labute approximate surface area is 106 Å². The molecule has 2 unspecified atom stereocenters. The summed E-state index contributed by atoms with van der Waals surface area (Å²) in [6, 6.07) is 4.97. The van der Waals surface area contributed by atoms with Crippen LogP contribution in [0.2, 0.25) is 5.15 Å². The van der Waals surface area contributed by atoms with E-state index in [2.05, 4.69) is 11.9 Å². The third-order valence-electron chi connectivity index (χ3n) is 3.22. The van der Waals surface area contributed by atoms with E-state index in [9.17, 15) is 4.79 Å². The van der Waals surface area contributed by atoms with Gasteiger partial charge in [-0.3, -0.25) is 0 Å². The molecule has 0 bridgehead atoms. The summed E-state index contributed by atoms with van der Waals surface area (Å²) >= 11 is 5.74. The standard InChI is InChI=1S/C13H16ClNO2/c1-9-5-2-3-7-11(9)17-13(16)10-6-4-8-12(14)15-10/h4,6,8-9,11H,2-3,5,7H2,1H3. The van der Waals surface area contributed by atoms with Crippen molar-refractivity contribution in [3.05, 3.63) is 29.0 Å². The number of rotatable bonds is 2. The summed E-state index contributed by atoms with van der Waals surface area (Å²) in [5, 5.41) is 0.316. The van der Waals surface area contributed by atoms with Gasteiger partial charge in [-0.25, -0.2) is 9.78 Å². The highest BCUT2D eigenvalue weighted by Gasteiger charge is 2.25. The summed E-state index contributed by atoms with van der Waals surface area (Å²) < 4.78 is 5.48. The normalized spacial score (nSPS) is 24.4. The van der Waals surface area contributed by atoms with Crippen molar-refractivity contribution in [2.75, 3.05) is 0 Å². The molecule has 1 aromatic rings. The van der Waals surface area contributed by atoms with Crippen molar-refractivity contribution in [3.8, 4) is 0 Å². The van der Waals surface area contributed by atoms with Gasteiger partial charge in [0.2, 0.25) is 0 Å². The maximum atomic E-state index is 11.9. The Balaban J connectivity index is 2.01. The predicted molar refractivity (Wildman–Crippen MR) is 66.1 cm³/mol. The molecule has 0 aliphatic heterocycles. The predicted octanol–water partition coefficient (Wildman–Crippen LogP) is 3.47. The van der Waals surface area contributed by atoms with E-state index in [0.29, 0.717) is 11.1 Å². The average Bonchev–Trinajstić information content (AvgIpc) is 2.32. The van der Waals surface area contributed by atoms with E-state index in [1.54, 1.807) is 18.2 Å². The number of carbonyl (C=O) groups excluding carboxylic acids is 1. The van der Waals surface area contributed by atoms with Crippen molar-refractivity contribution in [2.45, 2.75) is 38.7 Å². The SMILES string of the molecule is CC1CCCCC1OC(=O)c1cccc(Cl)n1. The number of ether oxygens (including phenoxy) is 1. The maximum absolute atomic E-state index is 11.9. The fourth-order valence-electron chi connectivity index (χ4n) is 2.18. The number of hydrogen-bond donors (Lipinski definition) is 0. The van der Waals surface area contributed by atoms with Gasteiger partial charge in [0.05, 0.1) is 0 Å². The summed E-state index contributed by atoms with van der Waals surface area (Å²) in [5.74, 6) is 0.0677. The summed E-state index contributed by atoms with van der Waals surface area (Å²) in [6.45, 7) is 2.13. The fourth-order valence-corrected chi connectivity index (χ4v) is 2.34. The highest BCUT2D eigenvalue weighted by Crippen LogP contribution is 2.26. The Morgan fingerprint density at radius 3 is 2.88 bits per heavy atom. The van der Waals surface area contributed by atoms with Crippen LogP contribution in [0.3, 0.4) is 0 Å². The lowest BCUT2D eigenvalue weighted by molar-refractivity contribution is 0.00420. The Morgan fingerprint density at radius 2 is 2.18 bits per heavy atom. The van der Waals surface area contributed by atoms with Gasteiger partial charge < -0.3 is 4.74 Å². The van der Waals surface area contributed by atoms with Crippen molar-refractivity contribution in [1.82, 2.24) is 4.98 Å². The largest absolute Gasteiger partial charge is 0.457 e. The minimum absolute atomic E-state index is 0.0250. The second kappa shape index (κ2) is 5.50. The fraction of sp³-hybridized carbons (Fsp3) is 0.538. The van der Waals surface area contributed by atoms with Crippen LogP contribution in [0, 0.1) is 5.92 Å². The molecule has 3 nitrogen and oxygen atoms in total. The molecule has 1 aromatic heterocycles. The molecule has 2 rings (SSSR count). The highest BCUT2D eigenvalue weighted by atomic mass is 35.5. The molecule has 0 spiro atoms. The zero-order chi connectivity index (χ0) is 12.3. The molecule has 2 atom stereocenters. The van der Waals surface area contributed by atoms with Crippen LogP contribution in [0.5, 0.6) is 0 Å². The topological polar surface area (TPSA) is 39.2 Å². The van der Waals surface area contributed by atoms with Crippen LogP contribution in [0.15, 0.2) is 18.2 Å². The molecular weight excluding hydrogens is 238 g/mol. The first-order chi connectivity index (χ1) is 8.16. The summed E-state index contributed by atoms with van der Waals surface area (Å²) in [4.78, 5) is 15.8. The van der Waals surface area contributed by atoms with Gasteiger partial charge in [0.1, 0.15) is 17.0 Å². The van der Waals surface area contributed by atoms with E-state index >= 15 is 0 Å². The van der Waals surface area contributed by atoms with Crippen molar-refractivity contribution in [1.29, 1.82) is 0 Å². The molecule has 92 valence electrons. The lowest BCUT2D eigenvalue weighted by atomic mass is 9.88. The Kier molecular flexibility index (Phi) is 4.00. The summed E-state index contributed by atoms with van der Waals surface area (Å²) in [6.07, 6.45) is 4.46. The molecule has 1 saturated carbocycles. The molecule has 17 heavy (non-hydrogen) atoms. The molecule has 0 saturated heterocycles. The second-order valence-corrected chi connectivity index (χ2v) is 4.94. The molecule has 1 aliphatic carbocycles. The van der Waals surface area contributed by atoms with E-state index in [1.807, 2.05) is 0 Å². The van der Waals surface area contributed by atoms with Gasteiger partial charge in [-0.15, -0.1) is 0 Å². The summed E-state index contributed by atoms with van der Waals surface area (Å²) in [7, 11) is 0. The van der Waals surface area contributed by atoms with Crippen LogP contribution < -0.4 is 0 Å². The first-order valence-corrected chi connectivity index (χ1v) is 6.38. The number of carbonyl (C=O) groups is 1. The van der Waals surface area contributed by atoms with E-state index in [1.165, 1.54) is 6.42 Å². The lowest BCUT2D eigenvalue weighted by Crippen LogP contribution is -2.28. The number of hydrogen-bond acceptors (Lipinski definition) is 3. The quantitative estimate of drug-likeness (QED) is 0.598. The zero-order valence-corrected chi connectivity index (χ0v) is 10.6. The molecular formula is C13H16ClNO2. The first kappa shape index (κ1) is 12.4. The third kappa shape index (κ3) is 3.19. The molecule has 0 amide bonds. The number of halogens is 1. The molecule has 1 fully saturated rings. The lowest BCUT2D eigenvalue weighted by Gasteiger charge is -2.28. The molecule has 0 aromatic carbocycles. The van der Waals surface area contributed by atoms with Crippen molar-refractivity contribution in [3.63, 3.8) is 0 Å². The number of pyridine rings is 1. The number of aromatic nitrogens is 1. The van der Waals surface area contributed by atoms with E-state index in [-0.39, 0.29) is 17.8 Å². The Bertz CT molecular complexity index is 408. The molecule has 1 heterocycles. The minimum atomic E-state index is -0.369. The maximum Gasteiger partial charge on any atom is 0.357 e. The molecule has 1 aliphatic rings. The van der Waals surface area contributed by atoms with Gasteiger partial charge in [-0.2, -0.15) is 0 Å². The van der Waals surface area contributed by atoms with Crippen molar-refractivity contribution < 1.29 is 9.53 Å². The van der Waals surface area contributed by atoms with Crippen molar-refractivity contribution >= 4 is 17.6 Å². The van der Waals surface area contributed by atoms with Crippen LogP contribution in [0.25, 0.3) is 0 Å². The molecule has 0 radical (unpaired) electrons. The molecule has 0 N–H and O–H groups in total. The van der Waals surface area contributed by atoms with E-state index < -0.39 is 0 Å². The molecule has 4 heteroatoms. The van der Waals surface area contributed by atoms with Crippen molar-refractivity contribution in [2.24, 2.45) is 5.92 Å². The highest BCUT2D eigenvalue weighted by molar-refractivity contribution is 6.29. The van der Waals surface area contributed by atoms with Crippen LogP contribution >= 0.6 is 11.6 Å². The van der Waals surface area contributed by atoms with Gasteiger partial charge in [0.15, 0.2) is 0 Å². The smallest absolute Gasteiger partial charge is 0.357 e. The Morgan fingerprint density at radius 1 is 1.41 bits per heavy atom.